The number of nitrogen functional groups attached to an aromatic ring is 1. The largest absolute Gasteiger partial charge is 0.382 e. The predicted molar refractivity (Wildman–Crippen MR) is 77.9 cm³/mol. The topological polar surface area (TPSA) is 98.7 Å². The summed E-state index contributed by atoms with van der Waals surface area (Å²) < 4.78 is 15.0. The van der Waals surface area contributed by atoms with Gasteiger partial charge in [0.15, 0.2) is 11.5 Å². The van der Waals surface area contributed by atoms with Crippen LogP contribution < -0.4 is 11.1 Å². The highest BCUT2D eigenvalue weighted by Gasteiger charge is 2.13. The van der Waals surface area contributed by atoms with Gasteiger partial charge in [-0.2, -0.15) is 5.10 Å². The quantitative estimate of drug-likeness (QED) is 0.765. The number of para-hydroxylation sites is 1. The van der Waals surface area contributed by atoms with Crippen molar-refractivity contribution in [3.05, 3.63) is 60.6 Å². The lowest BCUT2D eigenvalue weighted by molar-refractivity contribution is 0.102. The molecule has 0 saturated carbocycles. The first-order valence-corrected chi connectivity index (χ1v) is 6.32. The number of halogens is 1. The van der Waals surface area contributed by atoms with E-state index in [0.717, 1.165) is 0 Å². The van der Waals surface area contributed by atoms with Crippen LogP contribution in [0.4, 0.5) is 15.9 Å². The molecule has 8 heteroatoms. The van der Waals surface area contributed by atoms with Gasteiger partial charge in [0, 0.05) is 12.4 Å². The van der Waals surface area contributed by atoms with E-state index in [1.54, 1.807) is 18.2 Å². The molecule has 0 bridgehead atoms. The van der Waals surface area contributed by atoms with Crippen molar-refractivity contribution in [2.24, 2.45) is 0 Å². The number of carbonyl (C=O) groups is 1. The van der Waals surface area contributed by atoms with Gasteiger partial charge in [-0.1, -0.05) is 12.1 Å². The Bertz CT molecular complexity index is 831. The van der Waals surface area contributed by atoms with Crippen LogP contribution in [0.5, 0.6) is 0 Å². The molecular formula is C14H11FN6O. The van der Waals surface area contributed by atoms with Gasteiger partial charge < -0.3 is 11.1 Å². The van der Waals surface area contributed by atoms with Crippen molar-refractivity contribution in [1.29, 1.82) is 0 Å². The number of benzene rings is 1. The van der Waals surface area contributed by atoms with E-state index < -0.39 is 11.7 Å². The van der Waals surface area contributed by atoms with E-state index in [0.29, 0.717) is 5.69 Å². The van der Waals surface area contributed by atoms with Crippen LogP contribution in [0.25, 0.3) is 5.69 Å². The van der Waals surface area contributed by atoms with Gasteiger partial charge in [-0.25, -0.2) is 19.0 Å². The third kappa shape index (κ3) is 2.62. The molecule has 0 aliphatic heterocycles. The summed E-state index contributed by atoms with van der Waals surface area (Å²) in [6.45, 7) is 0. The van der Waals surface area contributed by atoms with Crippen molar-refractivity contribution in [2.45, 2.75) is 0 Å². The molecule has 1 amide bonds. The van der Waals surface area contributed by atoms with Gasteiger partial charge in [0.05, 0.1) is 18.1 Å². The number of hydrogen-bond donors (Lipinski definition) is 2. The molecule has 0 aliphatic carbocycles. The van der Waals surface area contributed by atoms with E-state index in [-0.39, 0.29) is 17.2 Å². The van der Waals surface area contributed by atoms with Crippen LogP contribution in [0, 0.1) is 5.82 Å². The Hall–Kier alpha value is -3.29. The molecule has 0 spiro atoms. The third-order valence-corrected chi connectivity index (χ3v) is 2.88. The summed E-state index contributed by atoms with van der Waals surface area (Å²) in [6.07, 6.45) is 5.65. The SMILES string of the molecule is Nc1nccnc1C(=O)Nc1cnn(-c2ccccc2F)c1. The van der Waals surface area contributed by atoms with E-state index in [2.05, 4.69) is 20.4 Å². The van der Waals surface area contributed by atoms with E-state index in [1.165, 1.54) is 35.5 Å². The molecule has 3 N–H and O–H groups in total. The van der Waals surface area contributed by atoms with Crippen molar-refractivity contribution in [2.75, 3.05) is 11.1 Å². The Labute approximate surface area is 124 Å². The number of nitrogens with two attached hydrogens (primary N) is 1. The van der Waals surface area contributed by atoms with Crippen LogP contribution in [-0.4, -0.2) is 25.7 Å². The second-order valence-electron chi connectivity index (χ2n) is 4.37. The molecule has 7 nitrogen and oxygen atoms in total. The van der Waals surface area contributed by atoms with Gasteiger partial charge in [-0.05, 0) is 12.1 Å². The Balaban J connectivity index is 1.82. The Morgan fingerprint density at radius 1 is 1.23 bits per heavy atom. The lowest BCUT2D eigenvalue weighted by atomic mass is 10.3. The van der Waals surface area contributed by atoms with Crippen molar-refractivity contribution >= 4 is 17.4 Å². The zero-order valence-electron chi connectivity index (χ0n) is 11.3. The molecule has 22 heavy (non-hydrogen) atoms. The van der Waals surface area contributed by atoms with E-state index in [4.69, 9.17) is 5.73 Å². The lowest BCUT2D eigenvalue weighted by Crippen LogP contribution is -2.16. The highest BCUT2D eigenvalue weighted by atomic mass is 19.1. The maximum Gasteiger partial charge on any atom is 0.278 e. The number of anilines is 2. The van der Waals surface area contributed by atoms with Crippen LogP contribution in [0.2, 0.25) is 0 Å². The zero-order chi connectivity index (χ0) is 15.5. The minimum Gasteiger partial charge on any atom is -0.382 e. The number of aromatic nitrogens is 4. The first kappa shape index (κ1) is 13.7. The van der Waals surface area contributed by atoms with E-state index >= 15 is 0 Å². The van der Waals surface area contributed by atoms with Crippen molar-refractivity contribution in [3.63, 3.8) is 0 Å². The normalized spacial score (nSPS) is 10.4. The van der Waals surface area contributed by atoms with Gasteiger partial charge in [0.1, 0.15) is 11.5 Å². The number of nitrogens with one attached hydrogen (secondary N) is 1. The monoisotopic (exact) mass is 298 g/mol. The maximum absolute atomic E-state index is 13.7. The number of nitrogens with zero attached hydrogens (tertiary/aromatic N) is 4. The number of carbonyl (C=O) groups excluding carboxylic acids is 1. The number of amides is 1. The minimum absolute atomic E-state index is 0.0149. The second kappa shape index (κ2) is 5.60. The Morgan fingerprint density at radius 3 is 2.77 bits per heavy atom. The van der Waals surface area contributed by atoms with Crippen molar-refractivity contribution in [1.82, 2.24) is 19.7 Å². The van der Waals surface area contributed by atoms with Gasteiger partial charge in [-0.3, -0.25) is 4.79 Å². The van der Waals surface area contributed by atoms with Gasteiger partial charge in [0.2, 0.25) is 0 Å². The average Bonchev–Trinajstić information content (AvgIpc) is 2.96. The lowest BCUT2D eigenvalue weighted by Gasteiger charge is -2.03. The van der Waals surface area contributed by atoms with Crippen LogP contribution in [0.1, 0.15) is 10.5 Å². The summed E-state index contributed by atoms with van der Waals surface area (Å²) in [5.74, 6) is -0.901. The molecule has 2 aromatic heterocycles. The molecule has 1 aromatic carbocycles. The molecule has 0 fully saturated rings. The van der Waals surface area contributed by atoms with Crippen LogP contribution in [0.3, 0.4) is 0 Å². The predicted octanol–water partition coefficient (Wildman–Crippen LogP) is 1.64. The number of rotatable bonds is 3. The van der Waals surface area contributed by atoms with Crippen LogP contribution in [0.15, 0.2) is 49.1 Å². The summed E-state index contributed by atoms with van der Waals surface area (Å²) in [7, 11) is 0. The molecule has 0 atom stereocenters. The molecule has 0 aliphatic rings. The Kier molecular flexibility index (Phi) is 3.48. The summed E-state index contributed by atoms with van der Waals surface area (Å²) in [4.78, 5) is 19.7. The van der Waals surface area contributed by atoms with Crippen LogP contribution in [-0.2, 0) is 0 Å². The minimum atomic E-state index is -0.515. The molecule has 3 aromatic rings. The van der Waals surface area contributed by atoms with Gasteiger partial charge in [0.25, 0.3) is 5.91 Å². The fourth-order valence-electron chi connectivity index (χ4n) is 1.87. The van der Waals surface area contributed by atoms with E-state index in [9.17, 15) is 9.18 Å². The average molecular weight is 298 g/mol. The highest BCUT2D eigenvalue weighted by molar-refractivity contribution is 6.05. The van der Waals surface area contributed by atoms with Gasteiger partial charge in [-0.15, -0.1) is 0 Å². The smallest absolute Gasteiger partial charge is 0.278 e. The number of hydrogen-bond acceptors (Lipinski definition) is 5. The highest BCUT2D eigenvalue weighted by Crippen LogP contribution is 2.15. The fourth-order valence-corrected chi connectivity index (χ4v) is 1.87. The van der Waals surface area contributed by atoms with E-state index in [1.807, 2.05) is 0 Å². The van der Waals surface area contributed by atoms with Crippen molar-refractivity contribution < 1.29 is 9.18 Å². The molecule has 3 rings (SSSR count). The summed E-state index contributed by atoms with van der Waals surface area (Å²) in [6, 6.07) is 6.19. The summed E-state index contributed by atoms with van der Waals surface area (Å²) in [5.41, 5.74) is 6.27. The molecule has 0 saturated heterocycles. The Morgan fingerprint density at radius 2 is 2.00 bits per heavy atom. The first-order chi connectivity index (χ1) is 10.6. The van der Waals surface area contributed by atoms with Crippen molar-refractivity contribution in [3.8, 4) is 5.69 Å². The zero-order valence-corrected chi connectivity index (χ0v) is 11.3. The molecule has 110 valence electrons. The first-order valence-electron chi connectivity index (χ1n) is 6.32. The molecule has 0 radical (unpaired) electrons. The summed E-state index contributed by atoms with van der Waals surface area (Å²) >= 11 is 0. The summed E-state index contributed by atoms with van der Waals surface area (Å²) in [5, 5.41) is 6.59. The second-order valence-corrected chi connectivity index (χ2v) is 4.37. The van der Waals surface area contributed by atoms with Crippen LogP contribution >= 0.6 is 0 Å². The molecular weight excluding hydrogens is 287 g/mol. The van der Waals surface area contributed by atoms with Gasteiger partial charge >= 0.3 is 0 Å². The molecule has 2 heterocycles. The molecule has 0 unspecified atom stereocenters. The fraction of sp³-hybridized carbons (Fsp3) is 0. The maximum atomic E-state index is 13.7. The standard InChI is InChI=1S/C14H11FN6O/c15-10-3-1-2-4-11(10)21-8-9(7-19-21)20-14(22)12-13(16)18-6-5-17-12/h1-8H,(H2,16,18)(H,20,22). The third-order valence-electron chi connectivity index (χ3n) is 2.88.